The quantitative estimate of drug-likeness (QED) is 0.624. The van der Waals surface area contributed by atoms with Gasteiger partial charge in [-0.2, -0.15) is 0 Å². The number of aromatic nitrogens is 1. The van der Waals surface area contributed by atoms with Crippen LogP contribution in [-0.4, -0.2) is 30.6 Å². The fourth-order valence-electron chi connectivity index (χ4n) is 2.97. The van der Waals surface area contributed by atoms with Gasteiger partial charge in [0.1, 0.15) is 11.4 Å². The van der Waals surface area contributed by atoms with E-state index >= 15 is 0 Å². The molecule has 0 aliphatic carbocycles. The number of carbonyl (C=O) groups excluding carboxylic acids is 2. The highest BCUT2D eigenvalue weighted by atomic mass is 19.1. The number of halogens is 1. The summed E-state index contributed by atoms with van der Waals surface area (Å²) in [5.74, 6) is -1.61. The molecule has 148 valence electrons. The van der Waals surface area contributed by atoms with Gasteiger partial charge in [0.15, 0.2) is 0 Å². The Labute approximate surface area is 166 Å². The highest BCUT2D eigenvalue weighted by molar-refractivity contribution is 6.09. The molecule has 0 fully saturated rings. The summed E-state index contributed by atoms with van der Waals surface area (Å²) in [6, 6.07) is 15.5. The van der Waals surface area contributed by atoms with Gasteiger partial charge in [0.05, 0.1) is 24.9 Å². The molecule has 3 rings (SSSR count). The molecular formula is C22H19FN2O4. The van der Waals surface area contributed by atoms with Crippen molar-refractivity contribution in [1.29, 1.82) is 0 Å². The molecular weight excluding hydrogens is 375 g/mol. The minimum absolute atomic E-state index is 0.00487. The Hall–Kier alpha value is -3.74. The second-order valence-electron chi connectivity index (χ2n) is 6.32. The van der Waals surface area contributed by atoms with Gasteiger partial charge < -0.3 is 14.2 Å². The van der Waals surface area contributed by atoms with Crippen LogP contribution >= 0.6 is 0 Å². The number of rotatable bonds is 5. The number of amides is 1. The molecule has 0 atom stereocenters. The van der Waals surface area contributed by atoms with Crippen LogP contribution in [0.1, 0.15) is 26.3 Å². The van der Waals surface area contributed by atoms with Crippen LogP contribution in [0.3, 0.4) is 0 Å². The zero-order chi connectivity index (χ0) is 21.0. The van der Waals surface area contributed by atoms with Crippen LogP contribution in [0.15, 0.2) is 71.7 Å². The summed E-state index contributed by atoms with van der Waals surface area (Å²) in [7, 11) is 2.72. The second-order valence-corrected chi connectivity index (χ2v) is 6.32. The molecule has 1 heterocycles. The molecule has 0 bridgehead atoms. The standard InChI is InChI=1S/C22H19FN2O4/c1-24(19-12-6-4-9-16(19)22(28)29-2)20(26)17-10-7-13-25(21(17)27)14-15-8-3-5-11-18(15)23/h3-13H,14H2,1-2H3. The van der Waals surface area contributed by atoms with Crippen LogP contribution in [0.5, 0.6) is 0 Å². The number of methoxy groups -OCH3 is 1. The van der Waals surface area contributed by atoms with E-state index < -0.39 is 23.3 Å². The maximum atomic E-state index is 13.9. The smallest absolute Gasteiger partial charge is 0.339 e. The topological polar surface area (TPSA) is 68.6 Å². The monoisotopic (exact) mass is 394 g/mol. The van der Waals surface area contributed by atoms with Crippen LogP contribution in [-0.2, 0) is 11.3 Å². The molecule has 0 N–H and O–H groups in total. The molecule has 29 heavy (non-hydrogen) atoms. The molecule has 2 aromatic carbocycles. The zero-order valence-corrected chi connectivity index (χ0v) is 16.0. The van der Waals surface area contributed by atoms with E-state index in [0.29, 0.717) is 11.3 Å². The maximum Gasteiger partial charge on any atom is 0.339 e. The van der Waals surface area contributed by atoms with Crippen LogP contribution in [0.2, 0.25) is 0 Å². The average molecular weight is 394 g/mol. The number of ether oxygens (including phenoxy) is 1. The van der Waals surface area contributed by atoms with Gasteiger partial charge in [-0.3, -0.25) is 9.59 Å². The number of esters is 1. The molecule has 0 saturated carbocycles. The first kappa shape index (κ1) is 20.0. The summed E-state index contributed by atoms with van der Waals surface area (Å²) >= 11 is 0. The van der Waals surface area contributed by atoms with Gasteiger partial charge in [-0.05, 0) is 30.3 Å². The van der Waals surface area contributed by atoms with Crippen LogP contribution in [0.25, 0.3) is 0 Å². The number of para-hydroxylation sites is 1. The van der Waals surface area contributed by atoms with Crippen molar-refractivity contribution in [2.45, 2.75) is 6.54 Å². The molecule has 1 amide bonds. The number of carbonyl (C=O) groups is 2. The third-order valence-corrected chi connectivity index (χ3v) is 4.52. The summed E-state index contributed by atoms with van der Waals surface area (Å²) in [6.07, 6.45) is 1.49. The number of anilines is 1. The van der Waals surface area contributed by atoms with Gasteiger partial charge in [-0.15, -0.1) is 0 Å². The molecule has 1 aromatic heterocycles. The summed E-state index contributed by atoms with van der Waals surface area (Å²) < 4.78 is 20.0. The molecule has 0 saturated heterocycles. The Balaban J connectivity index is 1.96. The lowest BCUT2D eigenvalue weighted by atomic mass is 10.1. The number of benzene rings is 2. The number of pyridine rings is 1. The summed E-state index contributed by atoms with van der Waals surface area (Å²) in [5.41, 5.74) is 0.208. The van der Waals surface area contributed by atoms with E-state index in [4.69, 9.17) is 4.74 Å². The van der Waals surface area contributed by atoms with Gasteiger partial charge >= 0.3 is 5.97 Å². The molecule has 0 radical (unpaired) electrons. The molecule has 0 unspecified atom stereocenters. The van der Waals surface area contributed by atoms with E-state index in [1.54, 1.807) is 42.5 Å². The van der Waals surface area contributed by atoms with Crippen molar-refractivity contribution in [2.75, 3.05) is 19.1 Å². The first-order chi connectivity index (χ1) is 13.9. The SMILES string of the molecule is COC(=O)c1ccccc1N(C)C(=O)c1cccn(Cc2ccccc2F)c1=O. The van der Waals surface area contributed by atoms with Crippen molar-refractivity contribution < 1.29 is 18.7 Å². The van der Waals surface area contributed by atoms with E-state index in [1.807, 2.05) is 0 Å². The Morgan fingerprint density at radius 1 is 1.00 bits per heavy atom. The number of nitrogens with zero attached hydrogens (tertiary/aromatic N) is 2. The lowest BCUT2D eigenvalue weighted by Gasteiger charge is -2.20. The fourth-order valence-corrected chi connectivity index (χ4v) is 2.97. The Morgan fingerprint density at radius 2 is 1.66 bits per heavy atom. The first-order valence-electron chi connectivity index (χ1n) is 8.82. The maximum absolute atomic E-state index is 13.9. The van der Waals surface area contributed by atoms with Crippen molar-refractivity contribution in [3.05, 3.63) is 99.7 Å². The zero-order valence-electron chi connectivity index (χ0n) is 16.0. The highest BCUT2D eigenvalue weighted by Gasteiger charge is 2.22. The number of hydrogen-bond acceptors (Lipinski definition) is 4. The van der Waals surface area contributed by atoms with Crippen LogP contribution in [0, 0.1) is 5.82 Å². The minimum Gasteiger partial charge on any atom is -0.465 e. The summed E-state index contributed by atoms with van der Waals surface area (Å²) in [6.45, 7) is -0.00487. The van der Waals surface area contributed by atoms with Crippen molar-refractivity contribution in [3.8, 4) is 0 Å². The van der Waals surface area contributed by atoms with Gasteiger partial charge in [-0.1, -0.05) is 30.3 Å². The molecule has 6 nitrogen and oxygen atoms in total. The van der Waals surface area contributed by atoms with Gasteiger partial charge in [-0.25, -0.2) is 9.18 Å². The van der Waals surface area contributed by atoms with Gasteiger partial charge in [0, 0.05) is 18.8 Å². The predicted octanol–water partition coefficient (Wildman–Crippen LogP) is 3.10. The summed E-state index contributed by atoms with van der Waals surface area (Å²) in [4.78, 5) is 39.0. The Morgan fingerprint density at radius 3 is 2.38 bits per heavy atom. The third-order valence-electron chi connectivity index (χ3n) is 4.52. The largest absolute Gasteiger partial charge is 0.465 e. The van der Waals surface area contributed by atoms with Crippen LogP contribution < -0.4 is 10.5 Å². The number of hydrogen-bond donors (Lipinski definition) is 0. The molecule has 3 aromatic rings. The third kappa shape index (κ3) is 4.08. The van der Waals surface area contributed by atoms with Gasteiger partial charge in [0.2, 0.25) is 0 Å². The predicted molar refractivity (Wildman–Crippen MR) is 107 cm³/mol. The van der Waals surface area contributed by atoms with E-state index in [-0.39, 0.29) is 17.7 Å². The van der Waals surface area contributed by atoms with Crippen molar-refractivity contribution in [3.63, 3.8) is 0 Å². The average Bonchev–Trinajstić information content (AvgIpc) is 2.75. The second kappa shape index (κ2) is 8.52. The lowest BCUT2D eigenvalue weighted by molar-refractivity contribution is 0.0601. The highest BCUT2D eigenvalue weighted by Crippen LogP contribution is 2.21. The summed E-state index contributed by atoms with van der Waals surface area (Å²) in [5, 5.41) is 0. The van der Waals surface area contributed by atoms with E-state index in [1.165, 1.54) is 48.0 Å². The molecule has 7 heteroatoms. The fraction of sp³-hybridized carbons (Fsp3) is 0.136. The van der Waals surface area contributed by atoms with Crippen molar-refractivity contribution in [2.24, 2.45) is 0 Å². The Kier molecular flexibility index (Phi) is 5.87. The van der Waals surface area contributed by atoms with Crippen LogP contribution in [0.4, 0.5) is 10.1 Å². The molecule has 0 aliphatic rings. The normalized spacial score (nSPS) is 10.4. The molecule has 0 spiro atoms. The van der Waals surface area contributed by atoms with Crippen molar-refractivity contribution >= 4 is 17.6 Å². The van der Waals surface area contributed by atoms with Gasteiger partial charge in [0.25, 0.3) is 11.5 Å². The Bertz CT molecular complexity index is 1120. The minimum atomic E-state index is -0.592. The van der Waals surface area contributed by atoms with Crippen molar-refractivity contribution in [1.82, 2.24) is 4.57 Å². The van der Waals surface area contributed by atoms with E-state index in [2.05, 4.69) is 0 Å². The lowest BCUT2D eigenvalue weighted by Crippen LogP contribution is -2.35. The van der Waals surface area contributed by atoms with E-state index in [9.17, 15) is 18.8 Å². The van der Waals surface area contributed by atoms with E-state index in [0.717, 1.165) is 0 Å². The molecule has 0 aliphatic heterocycles. The first-order valence-corrected chi connectivity index (χ1v) is 8.82.